The molecule has 1 aromatic carbocycles. The molecule has 1 heterocycles. The van der Waals surface area contributed by atoms with Gasteiger partial charge in [-0.1, -0.05) is 53.7 Å². The van der Waals surface area contributed by atoms with E-state index in [9.17, 15) is 4.79 Å². The lowest BCUT2D eigenvalue weighted by Crippen LogP contribution is -2.26. The molecule has 144 valence electrons. The molecule has 0 saturated carbocycles. The maximum atomic E-state index is 12.1. The van der Waals surface area contributed by atoms with Crippen LogP contribution in [-0.2, 0) is 17.8 Å². The van der Waals surface area contributed by atoms with Gasteiger partial charge in [-0.15, -0.1) is 10.2 Å². The van der Waals surface area contributed by atoms with Gasteiger partial charge in [0.15, 0.2) is 5.16 Å². The first-order valence-electron chi connectivity index (χ1n) is 9.79. The quantitative estimate of drug-likeness (QED) is 0.525. The van der Waals surface area contributed by atoms with Gasteiger partial charge in [-0.3, -0.25) is 4.79 Å². The zero-order valence-electron chi connectivity index (χ0n) is 16.0. The van der Waals surface area contributed by atoms with Gasteiger partial charge >= 0.3 is 0 Å². The molecule has 1 N–H and O–H groups in total. The number of rotatable bonds is 9. The molecule has 1 aliphatic carbocycles. The highest BCUT2D eigenvalue weighted by Crippen LogP contribution is 2.20. The number of allylic oxidation sites excluding steroid dienone is 1. The van der Waals surface area contributed by atoms with E-state index in [0.717, 1.165) is 36.9 Å². The second-order valence-electron chi connectivity index (χ2n) is 6.80. The molecule has 5 nitrogen and oxygen atoms in total. The average molecular weight is 385 g/mol. The summed E-state index contributed by atoms with van der Waals surface area (Å²) in [5.41, 5.74) is 2.70. The lowest BCUT2D eigenvalue weighted by Gasteiger charge is -2.13. The third kappa shape index (κ3) is 5.96. The minimum Gasteiger partial charge on any atom is -0.355 e. The zero-order chi connectivity index (χ0) is 18.9. The van der Waals surface area contributed by atoms with E-state index in [1.807, 2.05) is 18.2 Å². The third-order valence-electron chi connectivity index (χ3n) is 4.80. The Balaban J connectivity index is 1.47. The fraction of sp³-hybridized carbons (Fsp3) is 0.476. The summed E-state index contributed by atoms with van der Waals surface area (Å²) in [6.45, 7) is 3.61. The van der Waals surface area contributed by atoms with Crippen LogP contribution in [0, 0.1) is 0 Å². The second-order valence-corrected chi connectivity index (χ2v) is 7.74. The number of benzene rings is 1. The van der Waals surface area contributed by atoms with Crippen LogP contribution in [0.1, 0.15) is 50.4 Å². The Morgan fingerprint density at radius 1 is 1.22 bits per heavy atom. The maximum absolute atomic E-state index is 12.1. The standard InChI is InChI=1S/C21H28N4OS/c1-2-25-19(15-18-11-7-4-8-12-18)23-24-21(25)27-16-20(26)22-14-13-17-9-5-3-6-10-17/h4,7-9,11-12H,2-3,5-6,10,13-16H2,1H3,(H,22,26). The highest BCUT2D eigenvalue weighted by molar-refractivity contribution is 7.99. The van der Waals surface area contributed by atoms with Crippen molar-refractivity contribution in [2.45, 2.75) is 57.1 Å². The average Bonchev–Trinajstić information content (AvgIpc) is 3.09. The lowest BCUT2D eigenvalue weighted by atomic mass is 9.97. The normalized spacial score (nSPS) is 14.0. The van der Waals surface area contributed by atoms with Gasteiger partial charge in [0.05, 0.1) is 5.75 Å². The molecule has 0 atom stereocenters. The number of nitrogens with zero attached hydrogens (tertiary/aromatic N) is 3. The van der Waals surface area contributed by atoms with Gasteiger partial charge in [-0.2, -0.15) is 0 Å². The number of nitrogens with one attached hydrogen (secondary N) is 1. The first-order chi connectivity index (χ1) is 13.3. The van der Waals surface area contributed by atoms with Crippen LogP contribution in [-0.4, -0.2) is 33.0 Å². The van der Waals surface area contributed by atoms with Crippen LogP contribution in [0.4, 0.5) is 0 Å². The van der Waals surface area contributed by atoms with Crippen LogP contribution < -0.4 is 5.32 Å². The van der Waals surface area contributed by atoms with Gasteiger partial charge < -0.3 is 9.88 Å². The summed E-state index contributed by atoms with van der Waals surface area (Å²) in [5, 5.41) is 12.5. The molecular formula is C21H28N4OS. The second kappa shape index (κ2) is 10.3. The fourth-order valence-electron chi connectivity index (χ4n) is 3.33. The summed E-state index contributed by atoms with van der Waals surface area (Å²) < 4.78 is 2.10. The Bertz CT molecular complexity index is 770. The number of carbonyl (C=O) groups is 1. The molecule has 0 bridgehead atoms. The highest BCUT2D eigenvalue weighted by Gasteiger charge is 2.13. The van der Waals surface area contributed by atoms with Crippen molar-refractivity contribution in [1.82, 2.24) is 20.1 Å². The Morgan fingerprint density at radius 2 is 2.07 bits per heavy atom. The summed E-state index contributed by atoms with van der Waals surface area (Å²) in [6.07, 6.45) is 9.03. The summed E-state index contributed by atoms with van der Waals surface area (Å²) in [7, 11) is 0. The molecule has 3 rings (SSSR count). The number of aromatic nitrogens is 3. The van der Waals surface area contributed by atoms with Crippen molar-refractivity contribution in [3.8, 4) is 0 Å². The van der Waals surface area contributed by atoms with E-state index in [-0.39, 0.29) is 5.91 Å². The summed E-state index contributed by atoms with van der Waals surface area (Å²) in [5.74, 6) is 1.38. The molecule has 1 amide bonds. The summed E-state index contributed by atoms with van der Waals surface area (Å²) in [4.78, 5) is 12.1. The van der Waals surface area contributed by atoms with Crippen molar-refractivity contribution >= 4 is 17.7 Å². The van der Waals surface area contributed by atoms with Crippen LogP contribution >= 0.6 is 11.8 Å². The molecule has 1 aliphatic rings. The van der Waals surface area contributed by atoms with Gasteiger partial charge in [0.25, 0.3) is 0 Å². The van der Waals surface area contributed by atoms with Gasteiger partial charge in [0, 0.05) is 19.5 Å². The zero-order valence-corrected chi connectivity index (χ0v) is 16.8. The summed E-state index contributed by atoms with van der Waals surface area (Å²) in [6, 6.07) is 10.3. The van der Waals surface area contributed by atoms with Crippen molar-refractivity contribution in [3.05, 3.63) is 53.4 Å². The highest BCUT2D eigenvalue weighted by atomic mass is 32.2. The molecule has 27 heavy (non-hydrogen) atoms. The SMILES string of the molecule is CCn1c(Cc2ccccc2)nnc1SCC(=O)NCCC1=CCCCC1. The minimum atomic E-state index is 0.0617. The Labute approximate surface area is 165 Å². The largest absolute Gasteiger partial charge is 0.355 e. The van der Waals surface area contributed by atoms with Crippen LogP contribution in [0.2, 0.25) is 0 Å². The predicted molar refractivity (Wildman–Crippen MR) is 110 cm³/mol. The van der Waals surface area contributed by atoms with Crippen LogP contribution in [0.25, 0.3) is 0 Å². The van der Waals surface area contributed by atoms with Crippen LogP contribution in [0.5, 0.6) is 0 Å². The molecule has 0 saturated heterocycles. The molecule has 1 aromatic heterocycles. The van der Waals surface area contributed by atoms with E-state index in [4.69, 9.17) is 0 Å². The third-order valence-corrected chi connectivity index (χ3v) is 5.77. The summed E-state index contributed by atoms with van der Waals surface area (Å²) >= 11 is 1.46. The molecule has 0 spiro atoms. The molecule has 2 aromatic rings. The van der Waals surface area contributed by atoms with Crippen molar-refractivity contribution in [2.24, 2.45) is 0 Å². The van der Waals surface area contributed by atoms with E-state index < -0.39 is 0 Å². The molecule has 0 fully saturated rings. The van der Waals surface area contributed by atoms with Gasteiger partial charge in [0.2, 0.25) is 5.91 Å². The number of hydrogen-bond acceptors (Lipinski definition) is 4. The predicted octanol–water partition coefficient (Wildman–Crippen LogP) is 3.99. The smallest absolute Gasteiger partial charge is 0.230 e. The van der Waals surface area contributed by atoms with Crippen molar-refractivity contribution < 1.29 is 4.79 Å². The molecule has 0 aliphatic heterocycles. The first-order valence-corrected chi connectivity index (χ1v) is 10.8. The molecular weight excluding hydrogens is 356 g/mol. The van der Waals surface area contributed by atoms with Crippen LogP contribution in [0.15, 0.2) is 47.1 Å². The Kier molecular flexibility index (Phi) is 7.51. The van der Waals surface area contributed by atoms with Gasteiger partial charge in [-0.05, 0) is 44.6 Å². The lowest BCUT2D eigenvalue weighted by molar-refractivity contribution is -0.118. The topological polar surface area (TPSA) is 59.8 Å². The molecule has 0 unspecified atom stereocenters. The van der Waals surface area contributed by atoms with E-state index in [2.05, 4.69) is 45.2 Å². The molecule has 6 heteroatoms. The van der Waals surface area contributed by atoms with Crippen molar-refractivity contribution in [1.29, 1.82) is 0 Å². The van der Waals surface area contributed by atoms with E-state index in [1.54, 1.807) is 0 Å². The van der Waals surface area contributed by atoms with E-state index in [1.165, 1.54) is 48.6 Å². The van der Waals surface area contributed by atoms with Gasteiger partial charge in [-0.25, -0.2) is 0 Å². The monoisotopic (exact) mass is 384 g/mol. The maximum Gasteiger partial charge on any atom is 0.230 e. The van der Waals surface area contributed by atoms with E-state index in [0.29, 0.717) is 5.75 Å². The van der Waals surface area contributed by atoms with Crippen molar-refractivity contribution in [3.63, 3.8) is 0 Å². The molecule has 0 radical (unpaired) electrons. The number of carbonyl (C=O) groups excluding carboxylic acids is 1. The van der Waals surface area contributed by atoms with E-state index >= 15 is 0 Å². The van der Waals surface area contributed by atoms with Gasteiger partial charge in [0.1, 0.15) is 5.82 Å². The Morgan fingerprint density at radius 3 is 2.81 bits per heavy atom. The first kappa shape index (κ1) is 19.7. The number of thioether (sulfide) groups is 1. The van der Waals surface area contributed by atoms with Crippen molar-refractivity contribution in [2.75, 3.05) is 12.3 Å². The number of amides is 1. The minimum absolute atomic E-state index is 0.0617. The number of hydrogen-bond donors (Lipinski definition) is 1. The Hall–Kier alpha value is -2.08. The fourth-order valence-corrected chi connectivity index (χ4v) is 4.18. The van der Waals surface area contributed by atoms with Crippen LogP contribution in [0.3, 0.4) is 0 Å².